The zero-order valence-electron chi connectivity index (χ0n) is 18.6. The summed E-state index contributed by atoms with van der Waals surface area (Å²) < 4.78 is 16.1. The summed E-state index contributed by atoms with van der Waals surface area (Å²) in [4.78, 5) is 11.7. The maximum absolute atomic E-state index is 11.7. The van der Waals surface area contributed by atoms with Crippen LogP contribution in [0.2, 0.25) is 0 Å². The molecule has 2 aromatic rings. The topological polar surface area (TPSA) is 65.0 Å². The minimum absolute atomic E-state index is 0.192. The van der Waals surface area contributed by atoms with Crippen molar-refractivity contribution in [1.82, 2.24) is 0 Å². The first-order valence-corrected chi connectivity index (χ1v) is 11.4. The standard InChI is InChI=1S/C26H34O5/c1-3-5-19-30-25(27)31-24-14-16-26(28,17-15-24)22-10-6-20(7-11-22)21-8-12-23(13-9-21)29-18-4-2/h6-13,24,28H,3-5,14-19H2,1-2H3. The summed E-state index contributed by atoms with van der Waals surface area (Å²) in [6, 6.07) is 16.2. The lowest BCUT2D eigenvalue weighted by Crippen LogP contribution is -2.35. The quantitative estimate of drug-likeness (QED) is 0.380. The van der Waals surface area contributed by atoms with E-state index in [-0.39, 0.29) is 6.10 Å². The first-order chi connectivity index (χ1) is 15.0. The van der Waals surface area contributed by atoms with Crippen LogP contribution in [0.15, 0.2) is 48.5 Å². The molecule has 0 heterocycles. The summed E-state index contributed by atoms with van der Waals surface area (Å²) in [5, 5.41) is 11.2. The Morgan fingerprint density at radius 3 is 2.13 bits per heavy atom. The van der Waals surface area contributed by atoms with Gasteiger partial charge in [0.15, 0.2) is 0 Å². The lowest BCUT2D eigenvalue weighted by molar-refractivity contribution is -0.0537. The van der Waals surface area contributed by atoms with E-state index in [4.69, 9.17) is 14.2 Å². The number of carbonyl (C=O) groups excluding carboxylic acids is 1. The number of unbranched alkanes of at least 4 members (excludes halogenated alkanes) is 1. The molecule has 0 aliphatic heterocycles. The molecule has 1 aliphatic carbocycles. The van der Waals surface area contributed by atoms with Crippen molar-refractivity contribution in [3.8, 4) is 16.9 Å². The van der Waals surface area contributed by atoms with E-state index in [1.165, 1.54) is 0 Å². The van der Waals surface area contributed by atoms with E-state index in [9.17, 15) is 9.90 Å². The van der Waals surface area contributed by atoms with Gasteiger partial charge < -0.3 is 19.3 Å². The number of rotatable bonds is 9. The zero-order valence-corrected chi connectivity index (χ0v) is 18.6. The number of aliphatic hydroxyl groups is 1. The van der Waals surface area contributed by atoms with Gasteiger partial charge in [-0.15, -0.1) is 0 Å². The van der Waals surface area contributed by atoms with Crippen LogP contribution in [0.25, 0.3) is 11.1 Å². The number of hydrogen-bond acceptors (Lipinski definition) is 5. The van der Waals surface area contributed by atoms with Crippen LogP contribution in [0.1, 0.15) is 64.4 Å². The molecule has 0 saturated heterocycles. The van der Waals surface area contributed by atoms with Crippen molar-refractivity contribution in [2.45, 2.75) is 70.5 Å². The molecular weight excluding hydrogens is 392 g/mol. The molecule has 3 rings (SSSR count). The van der Waals surface area contributed by atoms with Crippen molar-refractivity contribution in [2.24, 2.45) is 0 Å². The normalized spacial score (nSPS) is 20.8. The minimum atomic E-state index is -0.887. The highest BCUT2D eigenvalue weighted by Gasteiger charge is 2.36. The van der Waals surface area contributed by atoms with E-state index in [1.807, 2.05) is 43.3 Å². The van der Waals surface area contributed by atoms with E-state index < -0.39 is 11.8 Å². The second-order valence-electron chi connectivity index (χ2n) is 8.25. The van der Waals surface area contributed by atoms with Crippen LogP contribution in [0, 0.1) is 0 Å². The fraction of sp³-hybridized carbons (Fsp3) is 0.500. The van der Waals surface area contributed by atoms with Gasteiger partial charge in [0, 0.05) is 0 Å². The third-order valence-electron chi connectivity index (χ3n) is 5.82. The molecule has 0 aromatic heterocycles. The molecule has 0 amide bonds. The molecule has 5 heteroatoms. The zero-order chi connectivity index (χ0) is 22.1. The Balaban J connectivity index is 1.54. The Labute approximate surface area is 185 Å². The first-order valence-electron chi connectivity index (χ1n) is 11.4. The first kappa shape index (κ1) is 23.1. The molecule has 168 valence electrons. The molecule has 1 fully saturated rings. The summed E-state index contributed by atoms with van der Waals surface area (Å²) in [5.74, 6) is 0.879. The van der Waals surface area contributed by atoms with Gasteiger partial charge in [0.2, 0.25) is 0 Å². The monoisotopic (exact) mass is 426 g/mol. The van der Waals surface area contributed by atoms with Crippen LogP contribution >= 0.6 is 0 Å². The van der Waals surface area contributed by atoms with Gasteiger partial charge in [-0.2, -0.15) is 0 Å². The SMILES string of the molecule is CCCCOC(=O)OC1CCC(O)(c2ccc(-c3ccc(OCCC)cc3)cc2)CC1. The van der Waals surface area contributed by atoms with E-state index in [2.05, 4.69) is 19.1 Å². The van der Waals surface area contributed by atoms with Crippen molar-refractivity contribution in [2.75, 3.05) is 13.2 Å². The highest BCUT2D eigenvalue weighted by atomic mass is 16.7. The molecule has 31 heavy (non-hydrogen) atoms. The van der Waals surface area contributed by atoms with E-state index in [0.29, 0.717) is 32.3 Å². The van der Waals surface area contributed by atoms with Crippen LogP contribution in [0.4, 0.5) is 4.79 Å². The fourth-order valence-corrected chi connectivity index (χ4v) is 3.88. The van der Waals surface area contributed by atoms with Gasteiger partial charge in [0.05, 0.1) is 18.8 Å². The number of hydrogen-bond donors (Lipinski definition) is 1. The number of ether oxygens (including phenoxy) is 3. The maximum Gasteiger partial charge on any atom is 0.508 e. The van der Waals surface area contributed by atoms with Crippen LogP contribution in [0.3, 0.4) is 0 Å². The molecule has 0 bridgehead atoms. The molecular formula is C26H34O5. The predicted octanol–water partition coefficient (Wildman–Crippen LogP) is 6.23. The highest BCUT2D eigenvalue weighted by Crippen LogP contribution is 2.38. The van der Waals surface area contributed by atoms with E-state index in [0.717, 1.165) is 48.3 Å². The smallest absolute Gasteiger partial charge is 0.494 e. The van der Waals surface area contributed by atoms with Gasteiger partial charge in [0.25, 0.3) is 0 Å². The largest absolute Gasteiger partial charge is 0.508 e. The molecule has 1 N–H and O–H groups in total. The number of benzene rings is 2. The third-order valence-corrected chi connectivity index (χ3v) is 5.82. The van der Waals surface area contributed by atoms with Crippen molar-refractivity contribution >= 4 is 6.16 Å². The molecule has 2 aromatic carbocycles. The van der Waals surface area contributed by atoms with Gasteiger partial charge in [-0.1, -0.05) is 56.7 Å². The molecule has 1 aliphatic rings. The Hall–Kier alpha value is -2.53. The Kier molecular flexibility index (Phi) is 8.35. The second kappa shape index (κ2) is 11.2. The summed E-state index contributed by atoms with van der Waals surface area (Å²) in [7, 11) is 0. The van der Waals surface area contributed by atoms with Gasteiger partial charge in [-0.05, 0) is 67.3 Å². The predicted molar refractivity (Wildman–Crippen MR) is 121 cm³/mol. The molecule has 0 spiro atoms. The maximum atomic E-state index is 11.7. The molecule has 0 radical (unpaired) electrons. The van der Waals surface area contributed by atoms with Crippen molar-refractivity contribution in [1.29, 1.82) is 0 Å². The Bertz CT molecular complexity index is 805. The van der Waals surface area contributed by atoms with Crippen LogP contribution in [-0.2, 0) is 15.1 Å². The average Bonchev–Trinajstić information content (AvgIpc) is 2.80. The van der Waals surface area contributed by atoms with Crippen molar-refractivity contribution < 1.29 is 24.1 Å². The lowest BCUT2D eigenvalue weighted by Gasteiger charge is -2.36. The second-order valence-corrected chi connectivity index (χ2v) is 8.25. The minimum Gasteiger partial charge on any atom is -0.494 e. The molecule has 0 unspecified atom stereocenters. The summed E-state index contributed by atoms with van der Waals surface area (Å²) in [6.07, 6.45) is 4.38. The van der Waals surface area contributed by atoms with Crippen LogP contribution in [-0.4, -0.2) is 30.6 Å². The van der Waals surface area contributed by atoms with Crippen molar-refractivity contribution in [3.63, 3.8) is 0 Å². The molecule has 0 atom stereocenters. The summed E-state index contributed by atoms with van der Waals surface area (Å²) >= 11 is 0. The van der Waals surface area contributed by atoms with Crippen LogP contribution in [0.5, 0.6) is 5.75 Å². The van der Waals surface area contributed by atoms with Crippen molar-refractivity contribution in [3.05, 3.63) is 54.1 Å². The molecule has 5 nitrogen and oxygen atoms in total. The third kappa shape index (κ3) is 6.47. The average molecular weight is 427 g/mol. The lowest BCUT2D eigenvalue weighted by atomic mass is 9.78. The van der Waals surface area contributed by atoms with Gasteiger partial charge in [0.1, 0.15) is 11.9 Å². The summed E-state index contributed by atoms with van der Waals surface area (Å²) in [5.41, 5.74) is 2.23. The molecule has 1 saturated carbocycles. The van der Waals surface area contributed by atoms with Gasteiger partial charge >= 0.3 is 6.16 Å². The Morgan fingerprint density at radius 1 is 0.935 bits per heavy atom. The highest BCUT2D eigenvalue weighted by molar-refractivity contribution is 5.64. The fourth-order valence-electron chi connectivity index (χ4n) is 3.88. The van der Waals surface area contributed by atoms with E-state index >= 15 is 0 Å². The Morgan fingerprint density at radius 2 is 1.55 bits per heavy atom. The summed E-state index contributed by atoms with van der Waals surface area (Å²) in [6.45, 7) is 5.25. The van der Waals surface area contributed by atoms with Gasteiger partial charge in [-0.25, -0.2) is 4.79 Å². The van der Waals surface area contributed by atoms with Gasteiger partial charge in [-0.3, -0.25) is 0 Å². The van der Waals surface area contributed by atoms with E-state index in [1.54, 1.807) is 0 Å². The number of carbonyl (C=O) groups is 1. The van der Waals surface area contributed by atoms with Crippen LogP contribution < -0.4 is 4.74 Å².